The highest BCUT2D eigenvalue weighted by Gasteiger charge is 2.23. The molecule has 1 atom stereocenters. The van der Waals surface area contributed by atoms with Crippen molar-refractivity contribution in [2.45, 2.75) is 20.0 Å². The minimum atomic E-state index is -1.04. The summed E-state index contributed by atoms with van der Waals surface area (Å²) in [4.78, 5) is 35.8. The van der Waals surface area contributed by atoms with Crippen molar-refractivity contribution in [2.24, 2.45) is 0 Å². The predicted molar refractivity (Wildman–Crippen MR) is 104 cm³/mol. The number of para-hydroxylation sites is 1. The molecule has 0 aliphatic carbocycles. The molecular weight excluding hydrogens is 364 g/mol. The molecule has 0 bridgehead atoms. The van der Waals surface area contributed by atoms with E-state index in [2.05, 4.69) is 10.6 Å². The molecule has 2 aromatic rings. The topological polar surface area (TPSA) is 103 Å². The molecule has 0 spiro atoms. The molecular formula is C20H22N2O6. The monoisotopic (exact) mass is 386 g/mol. The molecule has 2 aromatic carbocycles. The van der Waals surface area contributed by atoms with Crippen LogP contribution in [0.3, 0.4) is 0 Å². The van der Waals surface area contributed by atoms with Crippen LogP contribution in [-0.2, 0) is 14.3 Å². The molecule has 2 N–H and O–H groups in total. The van der Waals surface area contributed by atoms with Crippen molar-refractivity contribution < 1.29 is 28.6 Å². The Hall–Kier alpha value is -3.55. The Labute approximate surface area is 162 Å². The number of benzene rings is 2. The summed E-state index contributed by atoms with van der Waals surface area (Å²) in [6.45, 7) is 2.87. The van der Waals surface area contributed by atoms with Crippen LogP contribution in [0, 0.1) is 0 Å². The van der Waals surface area contributed by atoms with E-state index in [4.69, 9.17) is 14.2 Å². The van der Waals surface area contributed by atoms with Gasteiger partial charge in [0.15, 0.2) is 17.6 Å². The Bertz CT molecular complexity index is 863. The van der Waals surface area contributed by atoms with E-state index in [-0.39, 0.29) is 17.2 Å². The van der Waals surface area contributed by atoms with Gasteiger partial charge in [-0.05, 0) is 43.3 Å². The van der Waals surface area contributed by atoms with Gasteiger partial charge in [0.2, 0.25) is 5.91 Å². The highest BCUT2D eigenvalue weighted by atomic mass is 16.6. The summed E-state index contributed by atoms with van der Waals surface area (Å²) in [6.07, 6.45) is -1.04. The second kappa shape index (κ2) is 9.40. The summed E-state index contributed by atoms with van der Waals surface area (Å²) in [7, 11) is 2.87. The van der Waals surface area contributed by atoms with Gasteiger partial charge in [0.25, 0.3) is 5.91 Å². The minimum absolute atomic E-state index is 0.154. The van der Waals surface area contributed by atoms with Crippen LogP contribution in [0.5, 0.6) is 11.5 Å². The van der Waals surface area contributed by atoms with Gasteiger partial charge in [0.05, 0.1) is 14.2 Å². The number of amides is 2. The SMILES string of the molecule is COc1cccc(C(=O)O[C@H](C)C(=O)Nc2ccc(NC(C)=O)cc2)c1OC. The highest BCUT2D eigenvalue weighted by Crippen LogP contribution is 2.31. The molecule has 2 rings (SSSR count). The Morgan fingerprint density at radius 1 is 0.893 bits per heavy atom. The zero-order valence-electron chi connectivity index (χ0n) is 16.1. The van der Waals surface area contributed by atoms with E-state index in [1.807, 2.05) is 0 Å². The maximum atomic E-state index is 12.4. The van der Waals surface area contributed by atoms with Crippen molar-refractivity contribution in [2.75, 3.05) is 24.9 Å². The van der Waals surface area contributed by atoms with Crippen LogP contribution >= 0.6 is 0 Å². The summed E-state index contributed by atoms with van der Waals surface area (Å²) < 4.78 is 15.6. The summed E-state index contributed by atoms with van der Waals surface area (Å²) in [6, 6.07) is 11.3. The first-order chi connectivity index (χ1) is 13.3. The quantitative estimate of drug-likeness (QED) is 0.710. The molecule has 148 valence electrons. The van der Waals surface area contributed by atoms with Crippen LogP contribution in [0.2, 0.25) is 0 Å². The smallest absolute Gasteiger partial charge is 0.342 e. The standard InChI is InChI=1S/C20H22N2O6/c1-12(19(24)22-15-10-8-14(9-11-15)21-13(2)23)28-20(25)16-6-5-7-17(26-3)18(16)27-4/h5-12H,1-4H3,(H,21,23)(H,22,24)/t12-/m1/s1. The van der Waals surface area contributed by atoms with Crippen LogP contribution < -0.4 is 20.1 Å². The maximum absolute atomic E-state index is 12.4. The number of rotatable bonds is 7. The van der Waals surface area contributed by atoms with Gasteiger partial charge >= 0.3 is 5.97 Å². The Morgan fingerprint density at radius 3 is 2.04 bits per heavy atom. The van der Waals surface area contributed by atoms with E-state index in [9.17, 15) is 14.4 Å². The summed E-state index contributed by atoms with van der Waals surface area (Å²) in [5.41, 5.74) is 1.26. The van der Waals surface area contributed by atoms with Gasteiger partial charge in [-0.15, -0.1) is 0 Å². The maximum Gasteiger partial charge on any atom is 0.342 e. The molecule has 0 radical (unpaired) electrons. The number of carbonyl (C=O) groups is 3. The van der Waals surface area contributed by atoms with Gasteiger partial charge in [-0.25, -0.2) is 4.79 Å². The third-order valence-corrected chi connectivity index (χ3v) is 3.75. The van der Waals surface area contributed by atoms with E-state index in [0.717, 1.165) is 0 Å². The molecule has 0 aromatic heterocycles. The molecule has 8 nitrogen and oxygen atoms in total. The summed E-state index contributed by atoms with van der Waals surface area (Å²) in [5.74, 6) is -0.781. The molecule has 8 heteroatoms. The largest absolute Gasteiger partial charge is 0.493 e. The third kappa shape index (κ3) is 5.23. The number of hydrogen-bond acceptors (Lipinski definition) is 6. The summed E-state index contributed by atoms with van der Waals surface area (Å²) in [5, 5.41) is 5.27. The average Bonchev–Trinajstić information content (AvgIpc) is 2.68. The molecule has 0 saturated heterocycles. The molecule has 0 aliphatic heterocycles. The average molecular weight is 386 g/mol. The predicted octanol–water partition coefficient (Wildman–Crippen LogP) is 2.85. The zero-order valence-corrected chi connectivity index (χ0v) is 16.1. The van der Waals surface area contributed by atoms with Gasteiger partial charge in [-0.1, -0.05) is 6.07 Å². The fraction of sp³-hybridized carbons (Fsp3) is 0.250. The number of ether oxygens (including phenoxy) is 3. The second-order valence-electron chi connectivity index (χ2n) is 5.84. The first-order valence-electron chi connectivity index (χ1n) is 8.46. The van der Waals surface area contributed by atoms with E-state index in [1.165, 1.54) is 34.1 Å². The lowest BCUT2D eigenvalue weighted by Crippen LogP contribution is -2.30. The van der Waals surface area contributed by atoms with Gasteiger partial charge in [0, 0.05) is 18.3 Å². The normalized spacial score (nSPS) is 11.1. The Morgan fingerprint density at radius 2 is 1.50 bits per heavy atom. The highest BCUT2D eigenvalue weighted by molar-refractivity contribution is 5.99. The molecule has 0 fully saturated rings. The molecule has 0 saturated carbocycles. The van der Waals surface area contributed by atoms with E-state index in [0.29, 0.717) is 17.1 Å². The van der Waals surface area contributed by atoms with E-state index < -0.39 is 18.0 Å². The van der Waals surface area contributed by atoms with Crippen molar-refractivity contribution in [1.82, 2.24) is 0 Å². The lowest BCUT2D eigenvalue weighted by Gasteiger charge is -2.16. The number of carbonyl (C=O) groups excluding carboxylic acids is 3. The van der Waals surface area contributed by atoms with Crippen molar-refractivity contribution in [3.05, 3.63) is 48.0 Å². The molecule has 0 aliphatic rings. The Kier molecular flexibility index (Phi) is 6.97. The number of anilines is 2. The lowest BCUT2D eigenvalue weighted by molar-refractivity contribution is -0.123. The first kappa shape index (κ1) is 20.8. The minimum Gasteiger partial charge on any atom is -0.493 e. The van der Waals surface area contributed by atoms with Gasteiger partial charge in [-0.2, -0.15) is 0 Å². The van der Waals surface area contributed by atoms with Crippen LogP contribution in [-0.4, -0.2) is 38.1 Å². The van der Waals surface area contributed by atoms with Crippen LogP contribution in [0.4, 0.5) is 11.4 Å². The van der Waals surface area contributed by atoms with E-state index >= 15 is 0 Å². The number of esters is 1. The molecule has 0 heterocycles. The van der Waals surface area contributed by atoms with Crippen molar-refractivity contribution in [3.8, 4) is 11.5 Å². The van der Waals surface area contributed by atoms with Gasteiger partial charge in [0.1, 0.15) is 5.56 Å². The summed E-state index contributed by atoms with van der Waals surface area (Å²) >= 11 is 0. The van der Waals surface area contributed by atoms with Crippen LogP contribution in [0.15, 0.2) is 42.5 Å². The van der Waals surface area contributed by atoms with E-state index in [1.54, 1.807) is 36.4 Å². The van der Waals surface area contributed by atoms with Crippen molar-refractivity contribution in [3.63, 3.8) is 0 Å². The number of nitrogens with one attached hydrogen (secondary N) is 2. The lowest BCUT2D eigenvalue weighted by atomic mass is 10.2. The van der Waals surface area contributed by atoms with Gasteiger partial charge in [-0.3, -0.25) is 9.59 Å². The van der Waals surface area contributed by atoms with Crippen molar-refractivity contribution >= 4 is 29.2 Å². The first-order valence-corrected chi connectivity index (χ1v) is 8.46. The fourth-order valence-corrected chi connectivity index (χ4v) is 2.41. The van der Waals surface area contributed by atoms with Crippen molar-refractivity contribution in [1.29, 1.82) is 0 Å². The zero-order chi connectivity index (χ0) is 20.7. The number of methoxy groups -OCH3 is 2. The number of hydrogen-bond donors (Lipinski definition) is 2. The second-order valence-corrected chi connectivity index (χ2v) is 5.84. The molecule has 28 heavy (non-hydrogen) atoms. The third-order valence-electron chi connectivity index (χ3n) is 3.75. The Balaban J connectivity index is 2.02. The van der Waals surface area contributed by atoms with Crippen LogP contribution in [0.1, 0.15) is 24.2 Å². The van der Waals surface area contributed by atoms with Gasteiger partial charge < -0.3 is 24.8 Å². The molecule has 2 amide bonds. The molecule has 0 unspecified atom stereocenters. The fourth-order valence-electron chi connectivity index (χ4n) is 2.41. The van der Waals surface area contributed by atoms with Crippen LogP contribution in [0.25, 0.3) is 0 Å².